The van der Waals surface area contributed by atoms with E-state index in [9.17, 15) is 13.2 Å². The van der Waals surface area contributed by atoms with Crippen LogP contribution in [0.1, 0.15) is 37.3 Å². The first-order valence-electron chi connectivity index (χ1n) is 9.04. The Bertz CT molecular complexity index is 852. The molecule has 0 aliphatic heterocycles. The van der Waals surface area contributed by atoms with Gasteiger partial charge in [-0.25, -0.2) is 0 Å². The first-order chi connectivity index (χ1) is 12.3. The number of nitrogens with one attached hydrogen (secondary N) is 1. The van der Waals surface area contributed by atoms with Crippen molar-refractivity contribution in [1.82, 2.24) is 4.98 Å². The lowest BCUT2D eigenvalue weighted by molar-refractivity contribution is -0.110. The van der Waals surface area contributed by atoms with Crippen molar-refractivity contribution in [3.05, 3.63) is 59.7 Å². The number of benzene rings is 2. The van der Waals surface area contributed by atoms with Gasteiger partial charge < -0.3 is 4.98 Å². The SMILES string of the molecule is CC(F)(F)F.Cc1ccc2c(CCC3CC3)c(-c3ccccc3)[nH]c2c1. The van der Waals surface area contributed by atoms with Gasteiger partial charge in [0.1, 0.15) is 0 Å². The average molecular weight is 359 g/mol. The quantitative estimate of drug-likeness (QED) is 0.513. The summed E-state index contributed by atoms with van der Waals surface area (Å²) in [7, 11) is 0. The van der Waals surface area contributed by atoms with E-state index >= 15 is 0 Å². The van der Waals surface area contributed by atoms with E-state index in [2.05, 4.69) is 60.4 Å². The number of halogens is 3. The van der Waals surface area contributed by atoms with Crippen LogP contribution >= 0.6 is 0 Å². The van der Waals surface area contributed by atoms with Crippen LogP contribution in [-0.4, -0.2) is 11.2 Å². The van der Waals surface area contributed by atoms with Gasteiger partial charge in [0.25, 0.3) is 0 Å². The molecular weight excluding hydrogens is 335 g/mol. The molecule has 1 aromatic heterocycles. The normalized spacial score (nSPS) is 14.2. The van der Waals surface area contributed by atoms with Gasteiger partial charge in [0, 0.05) is 23.5 Å². The summed E-state index contributed by atoms with van der Waals surface area (Å²) >= 11 is 0. The van der Waals surface area contributed by atoms with Crippen LogP contribution in [0.4, 0.5) is 13.2 Å². The second kappa shape index (κ2) is 7.56. The largest absolute Gasteiger partial charge is 0.386 e. The van der Waals surface area contributed by atoms with Crippen LogP contribution in [0.25, 0.3) is 22.2 Å². The predicted octanol–water partition coefficient (Wildman–Crippen LogP) is 7.05. The number of aromatic nitrogens is 1. The third kappa shape index (κ3) is 5.13. The molecule has 1 heterocycles. The van der Waals surface area contributed by atoms with E-state index in [0.29, 0.717) is 0 Å². The van der Waals surface area contributed by atoms with Crippen LogP contribution < -0.4 is 0 Å². The molecule has 1 aliphatic rings. The Labute approximate surface area is 152 Å². The third-order valence-corrected chi connectivity index (χ3v) is 4.62. The van der Waals surface area contributed by atoms with Crippen LogP contribution in [-0.2, 0) is 6.42 Å². The van der Waals surface area contributed by atoms with E-state index in [0.717, 1.165) is 5.92 Å². The highest BCUT2D eigenvalue weighted by atomic mass is 19.4. The number of fused-ring (bicyclic) bond motifs is 1. The number of hydrogen-bond donors (Lipinski definition) is 1. The summed E-state index contributed by atoms with van der Waals surface area (Å²) in [5.41, 5.74) is 6.72. The Balaban J connectivity index is 0.000000349. The summed E-state index contributed by atoms with van der Waals surface area (Å²) in [4.78, 5) is 3.67. The Morgan fingerprint density at radius 1 is 1.04 bits per heavy atom. The molecule has 0 spiro atoms. The van der Waals surface area contributed by atoms with E-state index in [4.69, 9.17) is 0 Å². The number of aromatic amines is 1. The summed E-state index contributed by atoms with van der Waals surface area (Å²) in [5, 5.41) is 1.40. The third-order valence-electron chi connectivity index (χ3n) is 4.62. The maximum atomic E-state index is 10.4. The highest BCUT2D eigenvalue weighted by Crippen LogP contribution is 2.37. The van der Waals surface area contributed by atoms with E-state index in [1.807, 2.05) is 0 Å². The minimum Gasteiger partial charge on any atom is -0.354 e. The summed E-state index contributed by atoms with van der Waals surface area (Å²) < 4.78 is 31.1. The van der Waals surface area contributed by atoms with Gasteiger partial charge in [-0.05, 0) is 48.4 Å². The van der Waals surface area contributed by atoms with Crippen molar-refractivity contribution in [2.75, 3.05) is 0 Å². The Morgan fingerprint density at radius 3 is 2.31 bits per heavy atom. The number of rotatable bonds is 4. The number of aryl methyl sites for hydroxylation is 2. The molecule has 0 amide bonds. The fourth-order valence-electron chi connectivity index (χ4n) is 3.24. The van der Waals surface area contributed by atoms with Crippen LogP contribution in [0.3, 0.4) is 0 Å². The van der Waals surface area contributed by atoms with E-state index in [1.165, 1.54) is 59.0 Å². The molecule has 0 bridgehead atoms. The van der Waals surface area contributed by atoms with Gasteiger partial charge in [-0.15, -0.1) is 0 Å². The second-order valence-corrected chi connectivity index (χ2v) is 7.16. The smallest absolute Gasteiger partial charge is 0.354 e. The highest BCUT2D eigenvalue weighted by molar-refractivity contribution is 5.91. The van der Waals surface area contributed by atoms with Crippen LogP contribution in [0.5, 0.6) is 0 Å². The lowest BCUT2D eigenvalue weighted by Gasteiger charge is -2.05. The van der Waals surface area contributed by atoms with Crippen molar-refractivity contribution in [2.24, 2.45) is 5.92 Å². The fraction of sp³-hybridized carbons (Fsp3) is 0.364. The predicted molar refractivity (Wildman–Crippen MR) is 101 cm³/mol. The van der Waals surface area contributed by atoms with Gasteiger partial charge in [0.05, 0.1) is 0 Å². The van der Waals surface area contributed by atoms with Gasteiger partial charge in [-0.1, -0.05) is 55.3 Å². The molecule has 0 atom stereocenters. The van der Waals surface area contributed by atoms with E-state index < -0.39 is 6.18 Å². The average Bonchev–Trinajstić information content (AvgIpc) is 3.33. The van der Waals surface area contributed by atoms with Crippen molar-refractivity contribution >= 4 is 10.9 Å². The molecule has 138 valence electrons. The molecule has 1 nitrogen and oxygen atoms in total. The van der Waals surface area contributed by atoms with Gasteiger partial charge in [0.15, 0.2) is 0 Å². The summed E-state index contributed by atoms with van der Waals surface area (Å²) in [6.45, 7) is 2.35. The first kappa shape index (κ1) is 18.6. The van der Waals surface area contributed by atoms with Gasteiger partial charge in [-0.3, -0.25) is 0 Å². The van der Waals surface area contributed by atoms with Gasteiger partial charge >= 0.3 is 6.18 Å². The zero-order chi connectivity index (χ0) is 18.7. The minimum absolute atomic E-state index is 0.188. The van der Waals surface area contributed by atoms with Crippen LogP contribution in [0, 0.1) is 12.8 Å². The molecule has 1 N–H and O–H groups in total. The fourth-order valence-corrected chi connectivity index (χ4v) is 3.24. The zero-order valence-corrected chi connectivity index (χ0v) is 15.2. The van der Waals surface area contributed by atoms with Gasteiger partial charge in [0.2, 0.25) is 0 Å². The number of alkyl halides is 3. The summed E-state index contributed by atoms with van der Waals surface area (Å²) in [6.07, 6.45) is 1.39. The minimum atomic E-state index is -4.00. The number of hydrogen-bond acceptors (Lipinski definition) is 0. The molecule has 4 heteroatoms. The lowest BCUT2D eigenvalue weighted by Crippen LogP contribution is -1.95. The summed E-state index contributed by atoms with van der Waals surface area (Å²) in [5.74, 6) is 0.976. The van der Waals surface area contributed by atoms with Crippen molar-refractivity contribution < 1.29 is 13.2 Å². The molecule has 4 rings (SSSR count). The molecule has 1 saturated carbocycles. The summed E-state index contributed by atoms with van der Waals surface area (Å²) in [6, 6.07) is 17.5. The van der Waals surface area contributed by atoms with Gasteiger partial charge in [-0.2, -0.15) is 13.2 Å². The molecule has 0 radical (unpaired) electrons. The standard InChI is InChI=1S/C20H21N.C2H3F3/c1-14-7-11-17-18(12-10-15-8-9-15)20(21-19(17)13-14)16-5-3-2-4-6-16;1-2(3,4)5/h2-7,11,13,15,21H,8-10,12H2,1H3;1H3. The second-order valence-electron chi connectivity index (χ2n) is 7.16. The van der Waals surface area contributed by atoms with Crippen LogP contribution in [0.2, 0.25) is 0 Å². The lowest BCUT2D eigenvalue weighted by atomic mass is 9.99. The van der Waals surface area contributed by atoms with Crippen molar-refractivity contribution in [3.63, 3.8) is 0 Å². The molecule has 2 aromatic carbocycles. The maximum Gasteiger partial charge on any atom is 0.386 e. The van der Waals surface area contributed by atoms with E-state index in [-0.39, 0.29) is 6.92 Å². The topological polar surface area (TPSA) is 15.8 Å². The molecule has 26 heavy (non-hydrogen) atoms. The van der Waals surface area contributed by atoms with Crippen LogP contribution in [0.15, 0.2) is 48.5 Å². The Kier molecular flexibility index (Phi) is 5.40. The molecule has 3 aromatic rings. The molecular formula is C22H24F3N. The molecule has 1 aliphatic carbocycles. The first-order valence-corrected chi connectivity index (χ1v) is 9.04. The van der Waals surface area contributed by atoms with Crippen molar-refractivity contribution in [3.8, 4) is 11.3 Å². The highest BCUT2D eigenvalue weighted by Gasteiger charge is 2.22. The monoisotopic (exact) mass is 359 g/mol. The molecule has 0 saturated heterocycles. The zero-order valence-electron chi connectivity index (χ0n) is 15.2. The molecule has 1 fully saturated rings. The number of H-pyrrole nitrogens is 1. The Hall–Kier alpha value is -2.23. The Morgan fingerprint density at radius 2 is 1.69 bits per heavy atom. The molecule has 0 unspecified atom stereocenters. The van der Waals surface area contributed by atoms with Crippen molar-refractivity contribution in [2.45, 2.75) is 45.7 Å². The van der Waals surface area contributed by atoms with Crippen molar-refractivity contribution in [1.29, 1.82) is 0 Å². The van der Waals surface area contributed by atoms with E-state index in [1.54, 1.807) is 0 Å². The maximum absolute atomic E-state index is 10.4.